The van der Waals surface area contributed by atoms with Crippen LogP contribution in [0, 0.1) is 0 Å². The number of carbonyl (C=O) groups is 2. The average molecular weight is 360 g/mol. The van der Waals surface area contributed by atoms with Crippen molar-refractivity contribution in [2.24, 2.45) is 0 Å². The number of hydrogen-bond donors (Lipinski definition) is 0. The maximum Gasteiger partial charge on any atom is 0.410 e. The number of nitrogens with zero attached hydrogens (tertiary/aromatic N) is 1. The Morgan fingerprint density at radius 2 is 1.96 bits per heavy atom. The topological polar surface area (TPSA) is 55.8 Å². The van der Waals surface area contributed by atoms with Crippen LogP contribution in [-0.4, -0.2) is 36.0 Å². The van der Waals surface area contributed by atoms with Gasteiger partial charge < -0.3 is 14.4 Å². The van der Waals surface area contributed by atoms with Gasteiger partial charge in [-0.3, -0.25) is 4.79 Å². The molecule has 0 N–H and O–H groups in total. The fourth-order valence-corrected chi connectivity index (χ4v) is 2.78. The van der Waals surface area contributed by atoms with Crippen LogP contribution < -0.4 is 4.74 Å². The van der Waals surface area contributed by atoms with Crippen LogP contribution in [-0.2, 0) is 16.1 Å². The van der Waals surface area contributed by atoms with Crippen molar-refractivity contribution in [3.63, 3.8) is 0 Å². The number of ketones is 1. The minimum absolute atomic E-state index is 0.0150. The van der Waals surface area contributed by atoms with Crippen molar-refractivity contribution in [1.82, 2.24) is 4.90 Å². The largest absolute Gasteiger partial charge is 0.482 e. The number of carbonyl (C=O) groups excluding carboxylic acids is 2. The molecule has 1 fully saturated rings. The van der Waals surface area contributed by atoms with Gasteiger partial charge in [0.1, 0.15) is 12.4 Å². The lowest BCUT2D eigenvalue weighted by Gasteiger charge is -2.30. The zero-order valence-corrected chi connectivity index (χ0v) is 14.3. The van der Waals surface area contributed by atoms with Crippen molar-refractivity contribution in [2.75, 3.05) is 13.1 Å². The van der Waals surface area contributed by atoms with E-state index in [1.54, 1.807) is 24.3 Å². The van der Waals surface area contributed by atoms with E-state index in [0.29, 0.717) is 23.7 Å². The predicted molar refractivity (Wildman–Crippen MR) is 93.7 cm³/mol. The van der Waals surface area contributed by atoms with E-state index in [1.807, 2.05) is 30.3 Å². The molecule has 1 aliphatic rings. The summed E-state index contributed by atoms with van der Waals surface area (Å²) < 4.78 is 11.0. The highest BCUT2D eigenvalue weighted by molar-refractivity contribution is 6.30. The molecule has 3 rings (SSSR count). The second-order valence-corrected chi connectivity index (χ2v) is 6.22. The van der Waals surface area contributed by atoms with Crippen molar-refractivity contribution in [3.8, 4) is 5.75 Å². The lowest BCUT2D eigenvalue weighted by molar-refractivity contribution is -0.129. The molecular formula is C19H18ClNO4. The Bertz CT molecular complexity index is 750. The Labute approximate surface area is 151 Å². The molecule has 0 aromatic heterocycles. The van der Waals surface area contributed by atoms with E-state index >= 15 is 0 Å². The summed E-state index contributed by atoms with van der Waals surface area (Å²) in [7, 11) is 0. The van der Waals surface area contributed by atoms with Gasteiger partial charge in [-0.25, -0.2) is 4.79 Å². The van der Waals surface area contributed by atoms with Crippen molar-refractivity contribution in [2.45, 2.75) is 19.1 Å². The Balaban J connectivity index is 1.51. The molecule has 1 atom stereocenters. The Hall–Kier alpha value is -2.53. The molecule has 2 aromatic carbocycles. The monoisotopic (exact) mass is 359 g/mol. The van der Waals surface area contributed by atoms with Gasteiger partial charge >= 0.3 is 6.09 Å². The summed E-state index contributed by atoms with van der Waals surface area (Å²) >= 11 is 5.91. The average Bonchev–Trinajstić information content (AvgIpc) is 2.62. The van der Waals surface area contributed by atoms with Gasteiger partial charge in [-0.2, -0.15) is 0 Å². The highest BCUT2D eigenvalue weighted by Gasteiger charge is 2.31. The highest BCUT2D eigenvalue weighted by Crippen LogP contribution is 2.21. The molecule has 0 radical (unpaired) electrons. The molecular weight excluding hydrogens is 342 g/mol. The van der Waals surface area contributed by atoms with Crippen LogP contribution in [0.1, 0.15) is 12.0 Å². The SMILES string of the molecule is O=C1CN(C(=O)OCc2ccccc2)CCC1Oc1cccc(Cl)c1. The molecule has 5 nitrogen and oxygen atoms in total. The predicted octanol–water partition coefficient (Wildman–Crippen LogP) is 3.70. The molecule has 1 aliphatic heterocycles. The number of amides is 1. The number of ether oxygens (including phenoxy) is 2. The molecule has 0 bridgehead atoms. The summed E-state index contributed by atoms with van der Waals surface area (Å²) in [5, 5.41) is 0.548. The van der Waals surface area contributed by atoms with Gasteiger partial charge in [0.15, 0.2) is 11.9 Å². The minimum Gasteiger partial charge on any atom is -0.482 e. The maximum atomic E-state index is 12.3. The smallest absolute Gasteiger partial charge is 0.410 e. The highest BCUT2D eigenvalue weighted by atomic mass is 35.5. The van der Waals surface area contributed by atoms with Crippen molar-refractivity contribution in [1.29, 1.82) is 0 Å². The summed E-state index contributed by atoms with van der Waals surface area (Å²) in [5.41, 5.74) is 0.904. The van der Waals surface area contributed by atoms with Gasteiger partial charge in [-0.05, 0) is 23.8 Å². The molecule has 0 aliphatic carbocycles. The first-order valence-corrected chi connectivity index (χ1v) is 8.40. The Morgan fingerprint density at radius 3 is 2.68 bits per heavy atom. The fourth-order valence-electron chi connectivity index (χ4n) is 2.60. The van der Waals surface area contributed by atoms with Crippen molar-refractivity contribution in [3.05, 3.63) is 65.2 Å². The summed E-state index contributed by atoms with van der Waals surface area (Å²) in [6.07, 6.45) is -0.638. The lowest BCUT2D eigenvalue weighted by Crippen LogP contribution is -2.48. The molecule has 1 amide bonds. The van der Waals surface area contributed by atoms with Gasteiger partial charge in [0.05, 0.1) is 6.54 Å². The summed E-state index contributed by atoms with van der Waals surface area (Å²) in [6, 6.07) is 16.3. The third-order valence-corrected chi connectivity index (χ3v) is 4.14. The summed E-state index contributed by atoms with van der Waals surface area (Å²) in [6.45, 7) is 0.580. The first kappa shape index (κ1) is 17.3. The van der Waals surface area contributed by atoms with Crippen LogP contribution in [0.25, 0.3) is 0 Å². The zero-order valence-electron chi connectivity index (χ0n) is 13.6. The number of Topliss-reactive ketones (excluding diaryl/α,β-unsaturated/α-hetero) is 1. The Morgan fingerprint density at radius 1 is 1.16 bits per heavy atom. The van der Waals surface area contributed by atoms with Crippen LogP contribution in [0.5, 0.6) is 5.75 Å². The molecule has 1 unspecified atom stereocenters. The molecule has 25 heavy (non-hydrogen) atoms. The number of piperidine rings is 1. The number of hydrogen-bond acceptors (Lipinski definition) is 4. The van der Waals surface area contributed by atoms with E-state index in [0.717, 1.165) is 5.56 Å². The van der Waals surface area contributed by atoms with E-state index in [4.69, 9.17) is 21.1 Å². The number of benzene rings is 2. The first-order valence-electron chi connectivity index (χ1n) is 8.02. The molecule has 2 aromatic rings. The van der Waals surface area contributed by atoms with Gasteiger partial charge in [-0.1, -0.05) is 48.0 Å². The maximum absolute atomic E-state index is 12.3. The van der Waals surface area contributed by atoms with Crippen molar-refractivity contribution >= 4 is 23.5 Å². The molecule has 0 saturated carbocycles. The van der Waals surface area contributed by atoms with Gasteiger partial charge in [0, 0.05) is 18.0 Å². The van der Waals surface area contributed by atoms with Crippen LogP contribution in [0.2, 0.25) is 5.02 Å². The zero-order chi connectivity index (χ0) is 17.6. The third kappa shape index (κ3) is 4.73. The molecule has 1 heterocycles. The van der Waals surface area contributed by atoms with Crippen LogP contribution >= 0.6 is 11.6 Å². The second-order valence-electron chi connectivity index (χ2n) is 5.78. The minimum atomic E-state index is -0.573. The van der Waals surface area contributed by atoms with Gasteiger partial charge in [-0.15, -0.1) is 0 Å². The standard InChI is InChI=1S/C19H18ClNO4/c20-15-7-4-8-16(11-15)25-18-9-10-21(12-17(18)22)19(23)24-13-14-5-2-1-3-6-14/h1-8,11,18H,9-10,12-13H2. The van der Waals surface area contributed by atoms with Crippen LogP contribution in [0.4, 0.5) is 4.79 Å². The molecule has 130 valence electrons. The lowest BCUT2D eigenvalue weighted by atomic mass is 10.1. The van der Waals surface area contributed by atoms with Crippen molar-refractivity contribution < 1.29 is 19.1 Å². The summed E-state index contributed by atoms with van der Waals surface area (Å²) in [5.74, 6) is 0.397. The second kappa shape index (κ2) is 8.03. The van der Waals surface area contributed by atoms with Crippen LogP contribution in [0.3, 0.4) is 0 Å². The first-order chi connectivity index (χ1) is 12.1. The fraction of sp³-hybridized carbons (Fsp3) is 0.263. The van der Waals surface area contributed by atoms with E-state index in [2.05, 4.69) is 0 Å². The molecule has 1 saturated heterocycles. The van der Waals surface area contributed by atoms with Gasteiger partial charge in [0.25, 0.3) is 0 Å². The van der Waals surface area contributed by atoms with E-state index < -0.39 is 12.2 Å². The number of halogens is 1. The van der Waals surface area contributed by atoms with Crippen LogP contribution in [0.15, 0.2) is 54.6 Å². The normalized spacial score (nSPS) is 17.2. The molecule has 0 spiro atoms. The Kier molecular flexibility index (Phi) is 5.56. The van der Waals surface area contributed by atoms with E-state index in [-0.39, 0.29) is 18.9 Å². The van der Waals surface area contributed by atoms with E-state index in [1.165, 1.54) is 4.90 Å². The van der Waals surface area contributed by atoms with E-state index in [9.17, 15) is 9.59 Å². The summed E-state index contributed by atoms with van der Waals surface area (Å²) in [4.78, 5) is 25.8. The number of likely N-dealkylation sites (tertiary alicyclic amines) is 1. The quantitative estimate of drug-likeness (QED) is 0.835. The molecule has 6 heteroatoms. The third-order valence-electron chi connectivity index (χ3n) is 3.90. The number of rotatable bonds is 4. The van der Waals surface area contributed by atoms with Gasteiger partial charge in [0.2, 0.25) is 0 Å².